The predicted octanol–water partition coefficient (Wildman–Crippen LogP) is 7.07. The Hall–Kier alpha value is -1.91. The molecule has 31 heavy (non-hydrogen) atoms. The molecule has 3 aliphatic rings. The maximum Gasteiger partial charge on any atom is 0.248 e. The van der Waals surface area contributed by atoms with E-state index in [0.717, 1.165) is 36.6 Å². The van der Waals surface area contributed by atoms with E-state index in [9.17, 15) is 18.0 Å². The van der Waals surface area contributed by atoms with Crippen molar-refractivity contribution >= 4 is 16.7 Å². The first kappa shape index (κ1) is 21.0. The quantitative estimate of drug-likeness (QED) is 0.509. The molecule has 2 unspecified atom stereocenters. The van der Waals surface area contributed by atoms with Crippen molar-refractivity contribution in [1.82, 2.24) is 4.98 Å². The number of carbonyl (C=O) groups is 1. The van der Waals surface area contributed by atoms with Crippen molar-refractivity contribution in [2.45, 2.75) is 76.0 Å². The number of hydrogen-bond donors (Lipinski definition) is 0. The number of carbonyl (C=O) groups excluding carboxylic acids is 1. The van der Waals surface area contributed by atoms with E-state index in [1.807, 2.05) is 12.3 Å². The highest BCUT2D eigenvalue weighted by Gasteiger charge is 2.43. The van der Waals surface area contributed by atoms with Gasteiger partial charge in [-0.15, -0.1) is 0 Å². The first-order valence-corrected chi connectivity index (χ1v) is 11.8. The summed E-state index contributed by atoms with van der Waals surface area (Å²) in [6.07, 6.45) is 8.15. The van der Waals surface area contributed by atoms with E-state index < -0.39 is 5.92 Å². The fraction of sp³-hybridized carbons (Fsp3) is 0.615. The lowest BCUT2D eigenvalue weighted by Crippen LogP contribution is -2.26. The summed E-state index contributed by atoms with van der Waals surface area (Å²) >= 11 is 0. The van der Waals surface area contributed by atoms with Crippen LogP contribution in [0.4, 0.5) is 13.2 Å². The monoisotopic (exact) mass is 429 g/mol. The van der Waals surface area contributed by atoms with E-state index >= 15 is 0 Å². The third-order valence-electron chi connectivity index (χ3n) is 8.16. The molecule has 0 bridgehead atoms. The van der Waals surface area contributed by atoms with Crippen molar-refractivity contribution in [3.8, 4) is 0 Å². The van der Waals surface area contributed by atoms with Crippen LogP contribution in [0.5, 0.6) is 0 Å². The number of pyridine rings is 1. The molecule has 3 aliphatic carbocycles. The molecule has 0 radical (unpaired) electrons. The topological polar surface area (TPSA) is 30.0 Å². The van der Waals surface area contributed by atoms with Gasteiger partial charge in [0.15, 0.2) is 0 Å². The van der Waals surface area contributed by atoms with Crippen molar-refractivity contribution < 1.29 is 18.0 Å². The largest absolute Gasteiger partial charge is 0.300 e. The summed E-state index contributed by atoms with van der Waals surface area (Å²) in [4.78, 5) is 17.0. The maximum atomic E-state index is 13.8. The summed E-state index contributed by atoms with van der Waals surface area (Å²) in [5, 5.41) is 0.928. The molecule has 0 aliphatic heterocycles. The fourth-order valence-corrected chi connectivity index (χ4v) is 6.69. The Morgan fingerprint density at radius 1 is 0.968 bits per heavy atom. The average Bonchev–Trinajstić information content (AvgIpc) is 3.27. The Morgan fingerprint density at radius 3 is 2.35 bits per heavy atom. The number of hydrogen-bond acceptors (Lipinski definition) is 2. The van der Waals surface area contributed by atoms with Crippen molar-refractivity contribution in [3.05, 3.63) is 41.8 Å². The smallest absolute Gasteiger partial charge is 0.248 e. The van der Waals surface area contributed by atoms with E-state index in [2.05, 4.69) is 4.98 Å². The molecule has 3 fully saturated rings. The zero-order valence-electron chi connectivity index (χ0n) is 17.8. The molecule has 1 aromatic carbocycles. The van der Waals surface area contributed by atoms with Crippen molar-refractivity contribution in [3.63, 3.8) is 0 Å². The second-order valence-electron chi connectivity index (χ2n) is 10.3. The van der Waals surface area contributed by atoms with Crippen LogP contribution < -0.4 is 0 Å². The number of ketones is 1. The van der Waals surface area contributed by atoms with Crippen LogP contribution in [0.2, 0.25) is 0 Å². The zero-order chi connectivity index (χ0) is 21.6. The third-order valence-corrected chi connectivity index (χ3v) is 8.16. The Bertz CT molecular complexity index is 950. The summed E-state index contributed by atoms with van der Waals surface area (Å²) in [6, 6.07) is 6.86. The summed E-state index contributed by atoms with van der Waals surface area (Å²) < 4.78 is 40.5. The molecule has 0 N–H and O–H groups in total. The molecular formula is C26H30F3NO. The van der Waals surface area contributed by atoms with Crippen LogP contribution in [0, 0.1) is 29.5 Å². The molecule has 1 heterocycles. The molecule has 0 amide bonds. The summed E-state index contributed by atoms with van der Waals surface area (Å²) in [6.45, 7) is 0. The van der Waals surface area contributed by atoms with Crippen LogP contribution in [-0.2, 0) is 4.79 Å². The summed E-state index contributed by atoms with van der Waals surface area (Å²) in [5.41, 5.74) is 2.06. The van der Waals surface area contributed by atoms with Gasteiger partial charge < -0.3 is 0 Å². The van der Waals surface area contributed by atoms with Gasteiger partial charge in [0.05, 0.1) is 5.52 Å². The third kappa shape index (κ3) is 4.51. The Kier molecular flexibility index (Phi) is 5.56. The molecule has 5 heteroatoms. The molecular weight excluding hydrogens is 399 g/mol. The van der Waals surface area contributed by atoms with Gasteiger partial charge >= 0.3 is 0 Å². The van der Waals surface area contributed by atoms with E-state index in [-0.39, 0.29) is 30.4 Å². The lowest BCUT2D eigenvalue weighted by molar-refractivity contribution is -0.122. The minimum absolute atomic E-state index is 0.0620. The van der Waals surface area contributed by atoms with Crippen LogP contribution in [0.25, 0.3) is 10.9 Å². The standard InChI is InChI=1S/C26H30F3NO/c27-21-1-2-25-24(15-21)23(5-8-30-25)20-13-18-9-17(10-19(18)14-20)12-22(31)11-16-3-6-26(28,29)7-4-16/h1-2,5,8,15-20H,3-4,6-7,9-14H2/t17?,18-,19+,20?. The normalized spacial score (nSPS) is 30.5. The average molecular weight is 430 g/mol. The molecule has 2 nitrogen and oxygen atoms in total. The highest BCUT2D eigenvalue weighted by atomic mass is 19.3. The minimum Gasteiger partial charge on any atom is -0.300 e. The highest BCUT2D eigenvalue weighted by molar-refractivity contribution is 5.82. The number of nitrogens with zero attached hydrogens (tertiary/aromatic N) is 1. The van der Waals surface area contributed by atoms with Crippen molar-refractivity contribution in [2.24, 2.45) is 23.7 Å². The van der Waals surface area contributed by atoms with E-state index in [1.54, 1.807) is 12.1 Å². The number of benzene rings is 1. The molecule has 1 aromatic heterocycles. The number of aromatic nitrogens is 1. The summed E-state index contributed by atoms with van der Waals surface area (Å²) in [5.74, 6) is -0.181. The van der Waals surface area contributed by atoms with E-state index in [0.29, 0.717) is 49.4 Å². The zero-order valence-corrected chi connectivity index (χ0v) is 17.8. The predicted molar refractivity (Wildman–Crippen MR) is 115 cm³/mol. The van der Waals surface area contributed by atoms with Crippen LogP contribution >= 0.6 is 0 Å². The Labute approximate surface area is 181 Å². The summed E-state index contributed by atoms with van der Waals surface area (Å²) in [7, 11) is 0. The number of rotatable bonds is 5. The van der Waals surface area contributed by atoms with Crippen LogP contribution in [0.1, 0.15) is 75.7 Å². The Balaban J connectivity index is 1.16. The molecule has 0 spiro atoms. The number of alkyl halides is 2. The van der Waals surface area contributed by atoms with Gasteiger partial charge in [0, 0.05) is 37.3 Å². The van der Waals surface area contributed by atoms with Gasteiger partial charge in [-0.1, -0.05) is 0 Å². The second-order valence-corrected chi connectivity index (χ2v) is 10.3. The fourth-order valence-electron chi connectivity index (χ4n) is 6.69. The number of fused-ring (bicyclic) bond motifs is 2. The van der Waals surface area contributed by atoms with Gasteiger partial charge in [-0.25, -0.2) is 13.2 Å². The van der Waals surface area contributed by atoms with Gasteiger partial charge in [-0.05, 0) is 97.9 Å². The molecule has 3 saturated carbocycles. The van der Waals surface area contributed by atoms with Gasteiger partial charge in [-0.3, -0.25) is 9.78 Å². The van der Waals surface area contributed by atoms with E-state index in [4.69, 9.17) is 0 Å². The first-order valence-electron chi connectivity index (χ1n) is 11.8. The van der Waals surface area contributed by atoms with Crippen LogP contribution in [0.15, 0.2) is 30.5 Å². The minimum atomic E-state index is -2.52. The second kappa shape index (κ2) is 8.22. The lowest BCUT2D eigenvalue weighted by atomic mass is 9.82. The Morgan fingerprint density at radius 2 is 1.65 bits per heavy atom. The molecule has 2 aromatic rings. The van der Waals surface area contributed by atoms with Crippen molar-refractivity contribution in [1.29, 1.82) is 0 Å². The van der Waals surface area contributed by atoms with Gasteiger partial charge in [0.25, 0.3) is 0 Å². The van der Waals surface area contributed by atoms with Crippen LogP contribution in [0.3, 0.4) is 0 Å². The maximum absolute atomic E-state index is 13.8. The lowest BCUT2D eigenvalue weighted by Gasteiger charge is -2.28. The molecule has 166 valence electrons. The van der Waals surface area contributed by atoms with Gasteiger partial charge in [0.2, 0.25) is 5.92 Å². The highest BCUT2D eigenvalue weighted by Crippen LogP contribution is 2.54. The van der Waals surface area contributed by atoms with Gasteiger partial charge in [0.1, 0.15) is 11.6 Å². The van der Waals surface area contributed by atoms with Crippen LogP contribution in [-0.4, -0.2) is 16.7 Å². The van der Waals surface area contributed by atoms with E-state index in [1.165, 1.54) is 11.6 Å². The van der Waals surface area contributed by atoms with Crippen molar-refractivity contribution in [2.75, 3.05) is 0 Å². The molecule has 0 saturated heterocycles. The molecule has 5 rings (SSSR count). The SMILES string of the molecule is O=C(CC1CCC(F)(F)CC1)CC1C[C@@H]2CC(c3ccnc4ccc(F)cc34)C[C@@H]2C1. The molecule has 4 atom stereocenters. The van der Waals surface area contributed by atoms with Gasteiger partial charge in [-0.2, -0.15) is 0 Å². The number of halogens is 3. The number of Topliss-reactive ketones (excluding diaryl/α,β-unsaturated/α-hetero) is 1. The first-order chi connectivity index (χ1) is 14.9.